The summed E-state index contributed by atoms with van der Waals surface area (Å²) >= 11 is 5.22. The van der Waals surface area contributed by atoms with Crippen molar-refractivity contribution in [2.75, 3.05) is 24.9 Å². The molecule has 0 bridgehead atoms. The molecule has 170 valence electrons. The average Bonchev–Trinajstić information content (AvgIpc) is 2.77. The molecule has 2 aromatic carbocycles. The maximum Gasteiger partial charge on any atom is 0.250 e. The number of thiocarbonyl (C=S) groups is 1. The standard InChI is InChI=1S/C24H29N3O4S/c1-4-5-6-10-22(28)25-18-8-7-9-19(16-18)26-24(32)27-23(29)14-12-17-11-13-20(30-2)21(15-17)31-3/h7-9,11-16H,4-6,10H2,1-3H3,(H,25,28)(H2,26,27,29,32)/b14-12+. The van der Waals surface area contributed by atoms with E-state index in [4.69, 9.17) is 21.7 Å². The Labute approximate surface area is 194 Å². The van der Waals surface area contributed by atoms with Crippen molar-refractivity contribution in [3.63, 3.8) is 0 Å². The maximum atomic E-state index is 12.2. The zero-order chi connectivity index (χ0) is 23.3. The Morgan fingerprint density at radius 3 is 2.38 bits per heavy atom. The summed E-state index contributed by atoms with van der Waals surface area (Å²) in [5.41, 5.74) is 2.10. The summed E-state index contributed by atoms with van der Waals surface area (Å²) in [6.45, 7) is 2.10. The summed E-state index contributed by atoms with van der Waals surface area (Å²) in [6, 6.07) is 12.5. The first-order valence-corrected chi connectivity index (χ1v) is 10.8. The van der Waals surface area contributed by atoms with Gasteiger partial charge in [0, 0.05) is 23.9 Å². The van der Waals surface area contributed by atoms with Crippen molar-refractivity contribution in [1.29, 1.82) is 0 Å². The molecule has 2 amide bonds. The van der Waals surface area contributed by atoms with E-state index in [2.05, 4.69) is 22.9 Å². The van der Waals surface area contributed by atoms with Crippen LogP contribution in [0.4, 0.5) is 11.4 Å². The molecule has 32 heavy (non-hydrogen) atoms. The van der Waals surface area contributed by atoms with Crippen molar-refractivity contribution < 1.29 is 19.1 Å². The SMILES string of the molecule is CCCCCC(=O)Nc1cccc(NC(=S)NC(=O)/C=C/c2ccc(OC)c(OC)c2)c1. The summed E-state index contributed by atoms with van der Waals surface area (Å²) < 4.78 is 10.5. The minimum absolute atomic E-state index is 0.0215. The van der Waals surface area contributed by atoms with Crippen molar-refractivity contribution in [2.45, 2.75) is 32.6 Å². The summed E-state index contributed by atoms with van der Waals surface area (Å²) in [5.74, 6) is 0.785. The Kier molecular flexibility index (Phi) is 10.2. The average molecular weight is 456 g/mol. The molecule has 7 nitrogen and oxygen atoms in total. The Balaban J connectivity index is 1.88. The van der Waals surface area contributed by atoms with Gasteiger partial charge in [0.25, 0.3) is 0 Å². The maximum absolute atomic E-state index is 12.2. The lowest BCUT2D eigenvalue weighted by Crippen LogP contribution is -2.32. The molecule has 3 N–H and O–H groups in total. The molecule has 0 saturated heterocycles. The molecule has 0 heterocycles. The number of carbonyl (C=O) groups is 2. The molecule has 2 rings (SSSR count). The van der Waals surface area contributed by atoms with Crippen LogP contribution in [0, 0.1) is 0 Å². The predicted molar refractivity (Wildman–Crippen MR) is 132 cm³/mol. The van der Waals surface area contributed by atoms with E-state index >= 15 is 0 Å². The largest absolute Gasteiger partial charge is 0.493 e. The van der Waals surface area contributed by atoms with Crippen LogP contribution in [0.5, 0.6) is 11.5 Å². The number of nitrogens with one attached hydrogen (secondary N) is 3. The van der Waals surface area contributed by atoms with E-state index in [-0.39, 0.29) is 16.9 Å². The lowest BCUT2D eigenvalue weighted by molar-refractivity contribution is -0.116. The summed E-state index contributed by atoms with van der Waals surface area (Å²) in [7, 11) is 3.11. The van der Waals surface area contributed by atoms with Crippen molar-refractivity contribution >= 4 is 46.6 Å². The Hall–Kier alpha value is -3.39. The van der Waals surface area contributed by atoms with Crippen LogP contribution in [0.1, 0.15) is 38.2 Å². The predicted octanol–water partition coefficient (Wildman–Crippen LogP) is 4.75. The normalized spacial score (nSPS) is 10.5. The molecule has 0 saturated carbocycles. The molecular weight excluding hydrogens is 426 g/mol. The zero-order valence-electron chi connectivity index (χ0n) is 18.6. The number of methoxy groups -OCH3 is 2. The van der Waals surface area contributed by atoms with Gasteiger partial charge in [-0.25, -0.2) is 0 Å². The van der Waals surface area contributed by atoms with Gasteiger partial charge in [-0.15, -0.1) is 0 Å². The highest BCUT2D eigenvalue weighted by Gasteiger charge is 2.06. The first-order chi connectivity index (χ1) is 15.4. The third-order valence-electron chi connectivity index (χ3n) is 4.48. The fraction of sp³-hybridized carbons (Fsp3) is 0.292. The molecule has 0 aliphatic heterocycles. The summed E-state index contributed by atoms with van der Waals surface area (Å²) in [6.07, 6.45) is 6.49. The topological polar surface area (TPSA) is 88.7 Å². The van der Waals surface area contributed by atoms with E-state index in [0.717, 1.165) is 24.8 Å². The van der Waals surface area contributed by atoms with E-state index in [1.807, 2.05) is 6.07 Å². The summed E-state index contributed by atoms with van der Waals surface area (Å²) in [4.78, 5) is 24.2. The Morgan fingerprint density at radius 2 is 1.69 bits per heavy atom. The number of hydrogen-bond donors (Lipinski definition) is 3. The third-order valence-corrected chi connectivity index (χ3v) is 4.69. The highest BCUT2D eigenvalue weighted by Crippen LogP contribution is 2.27. The van der Waals surface area contributed by atoms with Crippen LogP contribution in [0.3, 0.4) is 0 Å². The number of rotatable bonds is 10. The van der Waals surface area contributed by atoms with E-state index in [1.165, 1.54) is 6.08 Å². The van der Waals surface area contributed by atoms with Gasteiger partial charge in [0.05, 0.1) is 14.2 Å². The van der Waals surface area contributed by atoms with Crippen LogP contribution in [0.2, 0.25) is 0 Å². The van der Waals surface area contributed by atoms with Gasteiger partial charge in [0.15, 0.2) is 16.6 Å². The number of carbonyl (C=O) groups excluding carboxylic acids is 2. The lowest BCUT2D eigenvalue weighted by atomic mass is 10.2. The van der Waals surface area contributed by atoms with Gasteiger partial charge < -0.3 is 20.1 Å². The van der Waals surface area contributed by atoms with Gasteiger partial charge in [-0.05, 0) is 60.6 Å². The second-order valence-electron chi connectivity index (χ2n) is 6.98. The van der Waals surface area contributed by atoms with Crippen LogP contribution in [-0.2, 0) is 9.59 Å². The van der Waals surface area contributed by atoms with Gasteiger partial charge in [-0.3, -0.25) is 14.9 Å². The first-order valence-electron chi connectivity index (χ1n) is 10.4. The van der Waals surface area contributed by atoms with Gasteiger partial charge in [0.1, 0.15) is 0 Å². The molecule has 0 spiro atoms. The first kappa shape index (κ1) is 24.9. The molecule has 0 aliphatic rings. The van der Waals surface area contributed by atoms with E-state index in [1.54, 1.807) is 56.7 Å². The zero-order valence-corrected chi connectivity index (χ0v) is 19.4. The fourth-order valence-corrected chi connectivity index (χ4v) is 3.10. The second-order valence-corrected chi connectivity index (χ2v) is 7.39. The molecule has 0 unspecified atom stereocenters. The van der Waals surface area contributed by atoms with Crippen LogP contribution < -0.4 is 25.4 Å². The minimum Gasteiger partial charge on any atom is -0.493 e. The monoisotopic (exact) mass is 455 g/mol. The van der Waals surface area contributed by atoms with Crippen LogP contribution in [0.25, 0.3) is 6.08 Å². The molecule has 0 fully saturated rings. The lowest BCUT2D eigenvalue weighted by Gasteiger charge is -2.11. The highest BCUT2D eigenvalue weighted by molar-refractivity contribution is 7.80. The van der Waals surface area contributed by atoms with Crippen molar-refractivity contribution in [3.05, 3.63) is 54.1 Å². The van der Waals surface area contributed by atoms with Crippen LogP contribution in [0.15, 0.2) is 48.5 Å². The van der Waals surface area contributed by atoms with Crippen molar-refractivity contribution in [3.8, 4) is 11.5 Å². The molecule has 0 atom stereocenters. The third kappa shape index (κ3) is 8.39. The molecular formula is C24H29N3O4S. The van der Waals surface area contributed by atoms with E-state index < -0.39 is 0 Å². The van der Waals surface area contributed by atoms with Crippen molar-refractivity contribution in [2.24, 2.45) is 0 Å². The molecule has 0 aromatic heterocycles. The molecule has 8 heteroatoms. The van der Waals surface area contributed by atoms with Gasteiger partial charge in [-0.2, -0.15) is 0 Å². The number of amides is 2. The van der Waals surface area contributed by atoms with Crippen LogP contribution >= 0.6 is 12.2 Å². The smallest absolute Gasteiger partial charge is 0.250 e. The van der Waals surface area contributed by atoms with Crippen molar-refractivity contribution in [1.82, 2.24) is 5.32 Å². The number of benzene rings is 2. The fourth-order valence-electron chi connectivity index (χ4n) is 2.88. The van der Waals surface area contributed by atoms with Gasteiger partial charge in [0.2, 0.25) is 11.8 Å². The Bertz CT molecular complexity index is 975. The number of hydrogen-bond acceptors (Lipinski definition) is 5. The van der Waals surface area contributed by atoms with Crippen LogP contribution in [-0.4, -0.2) is 31.1 Å². The minimum atomic E-state index is -0.377. The number of anilines is 2. The second kappa shape index (κ2) is 13.1. The van der Waals surface area contributed by atoms with E-state index in [9.17, 15) is 9.59 Å². The highest BCUT2D eigenvalue weighted by atomic mass is 32.1. The van der Waals surface area contributed by atoms with E-state index in [0.29, 0.717) is 29.3 Å². The Morgan fingerprint density at radius 1 is 0.969 bits per heavy atom. The summed E-state index contributed by atoms with van der Waals surface area (Å²) in [5, 5.41) is 8.57. The molecule has 0 radical (unpaired) electrons. The molecule has 2 aromatic rings. The van der Waals surface area contributed by atoms with Gasteiger partial charge in [-0.1, -0.05) is 31.9 Å². The van der Waals surface area contributed by atoms with Gasteiger partial charge >= 0.3 is 0 Å². The number of ether oxygens (including phenoxy) is 2. The quantitative estimate of drug-likeness (QED) is 0.272. The molecule has 0 aliphatic carbocycles. The number of unbranched alkanes of at least 4 members (excludes halogenated alkanes) is 2.